The van der Waals surface area contributed by atoms with E-state index >= 15 is 0 Å². The molecular weight excluding hydrogens is 224 g/mol. The van der Waals surface area contributed by atoms with Crippen molar-refractivity contribution in [2.75, 3.05) is 6.61 Å². The van der Waals surface area contributed by atoms with Crippen LogP contribution in [0, 0.1) is 5.82 Å². The molecule has 0 aliphatic heterocycles. The van der Waals surface area contributed by atoms with Gasteiger partial charge in [0.1, 0.15) is 5.82 Å². The molecule has 5 heteroatoms. The fourth-order valence-corrected chi connectivity index (χ4v) is 1.16. The van der Waals surface area contributed by atoms with Crippen LogP contribution in [0.1, 0.15) is 17.5 Å². The van der Waals surface area contributed by atoms with Crippen molar-refractivity contribution in [3.05, 3.63) is 41.2 Å². The highest BCUT2D eigenvalue weighted by Crippen LogP contribution is 2.31. The number of rotatable bonds is 3. The maximum absolute atomic E-state index is 13.1. The highest BCUT2D eigenvalue weighted by molar-refractivity contribution is 5.50. The molecule has 0 heterocycles. The zero-order chi connectivity index (χ0) is 12.2. The van der Waals surface area contributed by atoms with Crippen molar-refractivity contribution >= 4 is 6.08 Å². The lowest BCUT2D eigenvalue weighted by atomic mass is 10.1. The second-order valence-electron chi connectivity index (χ2n) is 3.15. The van der Waals surface area contributed by atoms with Gasteiger partial charge in [-0.1, -0.05) is 18.2 Å². The Kier molecular flexibility index (Phi) is 4.06. The third-order valence-corrected chi connectivity index (χ3v) is 1.90. The van der Waals surface area contributed by atoms with E-state index in [0.29, 0.717) is 18.1 Å². The van der Waals surface area contributed by atoms with Crippen LogP contribution >= 0.6 is 0 Å². The molecule has 0 bridgehead atoms. The van der Waals surface area contributed by atoms with Crippen molar-refractivity contribution < 1.29 is 22.7 Å². The minimum Gasteiger partial charge on any atom is -0.396 e. The van der Waals surface area contributed by atoms with Gasteiger partial charge in [0.25, 0.3) is 0 Å². The molecular formula is C11H10F4O. The van der Waals surface area contributed by atoms with Crippen LogP contribution in [0.2, 0.25) is 0 Å². The second kappa shape index (κ2) is 5.12. The summed E-state index contributed by atoms with van der Waals surface area (Å²) in [5.41, 5.74) is -0.939. The molecule has 0 fully saturated rings. The molecule has 1 aromatic rings. The fraction of sp³-hybridized carbons (Fsp3) is 0.273. The van der Waals surface area contributed by atoms with Gasteiger partial charge in [0.2, 0.25) is 0 Å². The average Bonchev–Trinajstić information content (AvgIpc) is 2.16. The van der Waals surface area contributed by atoms with Gasteiger partial charge >= 0.3 is 6.18 Å². The molecule has 0 amide bonds. The third-order valence-electron chi connectivity index (χ3n) is 1.90. The zero-order valence-electron chi connectivity index (χ0n) is 8.26. The summed E-state index contributed by atoms with van der Waals surface area (Å²) in [7, 11) is 0. The third kappa shape index (κ3) is 3.34. The molecule has 0 aliphatic rings. The summed E-state index contributed by atoms with van der Waals surface area (Å²) in [6.45, 7) is -0.0559. The number of benzene rings is 1. The van der Waals surface area contributed by atoms with Crippen LogP contribution in [-0.2, 0) is 6.18 Å². The van der Waals surface area contributed by atoms with Gasteiger partial charge in [-0.2, -0.15) is 13.2 Å². The van der Waals surface area contributed by atoms with Gasteiger partial charge < -0.3 is 5.11 Å². The predicted molar refractivity (Wildman–Crippen MR) is 52.1 cm³/mol. The van der Waals surface area contributed by atoms with E-state index in [1.807, 2.05) is 0 Å². The molecule has 16 heavy (non-hydrogen) atoms. The summed E-state index contributed by atoms with van der Waals surface area (Å²) < 4.78 is 49.6. The molecule has 0 unspecified atom stereocenters. The van der Waals surface area contributed by atoms with Crippen molar-refractivity contribution in [2.24, 2.45) is 0 Å². The molecule has 0 atom stereocenters. The molecule has 0 saturated heterocycles. The Bertz CT molecular complexity index is 382. The summed E-state index contributed by atoms with van der Waals surface area (Å²) in [5.74, 6) is -1.29. The minimum absolute atomic E-state index is 0.0559. The molecule has 1 N–H and O–H groups in total. The van der Waals surface area contributed by atoms with Gasteiger partial charge in [-0.3, -0.25) is 0 Å². The van der Waals surface area contributed by atoms with E-state index in [4.69, 9.17) is 5.11 Å². The molecule has 1 nitrogen and oxygen atoms in total. The number of aliphatic hydroxyl groups is 1. The normalized spacial score (nSPS) is 12.3. The lowest BCUT2D eigenvalue weighted by Crippen LogP contribution is -2.07. The van der Waals surface area contributed by atoms with Gasteiger partial charge in [0.05, 0.1) is 5.56 Å². The molecule has 0 aromatic heterocycles. The van der Waals surface area contributed by atoms with Crippen LogP contribution in [0.3, 0.4) is 0 Å². The molecule has 0 radical (unpaired) electrons. The maximum atomic E-state index is 13.1. The maximum Gasteiger partial charge on any atom is 0.419 e. The van der Waals surface area contributed by atoms with E-state index in [2.05, 4.69) is 0 Å². The minimum atomic E-state index is -4.67. The quantitative estimate of drug-likeness (QED) is 0.796. The summed E-state index contributed by atoms with van der Waals surface area (Å²) in [4.78, 5) is 0. The van der Waals surface area contributed by atoms with Gasteiger partial charge in [-0.15, -0.1) is 0 Å². The smallest absolute Gasteiger partial charge is 0.396 e. The van der Waals surface area contributed by atoms with Crippen LogP contribution in [0.5, 0.6) is 0 Å². The molecule has 1 aromatic carbocycles. The first-order valence-electron chi connectivity index (χ1n) is 4.59. The lowest BCUT2D eigenvalue weighted by molar-refractivity contribution is -0.140. The predicted octanol–water partition coefficient (Wildman–Crippen LogP) is 3.24. The topological polar surface area (TPSA) is 20.2 Å². The first-order chi connectivity index (χ1) is 7.45. The summed E-state index contributed by atoms with van der Waals surface area (Å²) in [5, 5.41) is 8.48. The van der Waals surface area contributed by atoms with E-state index in [0.717, 1.165) is 6.07 Å². The van der Waals surface area contributed by atoms with E-state index in [1.54, 1.807) is 6.08 Å². The largest absolute Gasteiger partial charge is 0.419 e. The highest BCUT2D eigenvalue weighted by atomic mass is 19.4. The number of aliphatic hydroxyl groups excluding tert-OH is 1. The van der Waals surface area contributed by atoms with Gasteiger partial charge in [0.15, 0.2) is 0 Å². The SMILES string of the molecule is OCCC=Cc1ccc(C(F)(F)F)c(F)c1. The number of hydrogen-bond acceptors (Lipinski definition) is 1. The van der Waals surface area contributed by atoms with Crippen LogP contribution in [0.15, 0.2) is 24.3 Å². The Balaban J connectivity index is 2.91. The Morgan fingerprint density at radius 3 is 2.44 bits per heavy atom. The molecule has 88 valence electrons. The van der Waals surface area contributed by atoms with Gasteiger partial charge in [0, 0.05) is 6.61 Å². The summed E-state index contributed by atoms with van der Waals surface area (Å²) in [6, 6.07) is 2.70. The molecule has 0 spiro atoms. The van der Waals surface area contributed by atoms with Crippen molar-refractivity contribution in [3.8, 4) is 0 Å². The van der Waals surface area contributed by atoms with E-state index in [1.165, 1.54) is 12.1 Å². The first kappa shape index (κ1) is 12.7. The van der Waals surface area contributed by atoms with E-state index in [-0.39, 0.29) is 6.61 Å². The second-order valence-corrected chi connectivity index (χ2v) is 3.15. The summed E-state index contributed by atoms with van der Waals surface area (Å²) in [6.07, 6.45) is -1.28. The monoisotopic (exact) mass is 234 g/mol. The van der Waals surface area contributed by atoms with E-state index < -0.39 is 17.6 Å². The lowest BCUT2D eigenvalue weighted by Gasteiger charge is -2.07. The Hall–Kier alpha value is -1.36. The van der Waals surface area contributed by atoms with Crippen LogP contribution in [0.4, 0.5) is 17.6 Å². The van der Waals surface area contributed by atoms with Crippen LogP contribution < -0.4 is 0 Å². The molecule has 0 aliphatic carbocycles. The number of alkyl halides is 3. The first-order valence-corrected chi connectivity index (χ1v) is 4.59. The fourth-order valence-electron chi connectivity index (χ4n) is 1.16. The zero-order valence-corrected chi connectivity index (χ0v) is 8.26. The van der Waals surface area contributed by atoms with E-state index in [9.17, 15) is 17.6 Å². The molecule has 1 rings (SSSR count). The molecule has 0 saturated carbocycles. The van der Waals surface area contributed by atoms with Crippen molar-refractivity contribution in [1.29, 1.82) is 0 Å². The van der Waals surface area contributed by atoms with Gasteiger partial charge in [-0.05, 0) is 24.1 Å². The van der Waals surface area contributed by atoms with Crippen molar-refractivity contribution in [2.45, 2.75) is 12.6 Å². The standard InChI is InChI=1S/C11H10F4O/c12-10-7-8(3-1-2-6-16)4-5-9(10)11(13,14)15/h1,3-5,7,16H,2,6H2. The van der Waals surface area contributed by atoms with Crippen molar-refractivity contribution in [3.63, 3.8) is 0 Å². The number of hydrogen-bond donors (Lipinski definition) is 1. The van der Waals surface area contributed by atoms with Gasteiger partial charge in [-0.25, -0.2) is 4.39 Å². The Morgan fingerprint density at radius 1 is 1.25 bits per heavy atom. The van der Waals surface area contributed by atoms with Crippen LogP contribution in [-0.4, -0.2) is 11.7 Å². The Labute approximate surface area is 90.0 Å². The summed E-state index contributed by atoms with van der Waals surface area (Å²) >= 11 is 0. The highest BCUT2D eigenvalue weighted by Gasteiger charge is 2.33. The van der Waals surface area contributed by atoms with Crippen molar-refractivity contribution in [1.82, 2.24) is 0 Å². The Morgan fingerprint density at radius 2 is 1.94 bits per heavy atom. The van der Waals surface area contributed by atoms with Crippen LogP contribution in [0.25, 0.3) is 6.08 Å². The number of halogens is 4. The average molecular weight is 234 g/mol.